The quantitative estimate of drug-likeness (QED) is 0.249. The minimum atomic E-state index is -0.843. The van der Waals surface area contributed by atoms with E-state index in [4.69, 9.17) is 5.11 Å². The van der Waals surface area contributed by atoms with Gasteiger partial charge in [-0.3, -0.25) is 4.79 Å². The molecule has 0 heterocycles. The van der Waals surface area contributed by atoms with Crippen molar-refractivity contribution in [3.05, 3.63) is 48.6 Å². The number of carboxylic acid groups (broad SMARTS) is 1. The Morgan fingerprint density at radius 1 is 0.923 bits per heavy atom. The van der Waals surface area contributed by atoms with Gasteiger partial charge in [0, 0.05) is 6.42 Å². The number of hydrogen-bond acceptors (Lipinski definition) is 3. The van der Waals surface area contributed by atoms with Gasteiger partial charge < -0.3 is 15.3 Å². The van der Waals surface area contributed by atoms with Crippen molar-refractivity contribution in [1.29, 1.82) is 0 Å². The fourth-order valence-corrected chi connectivity index (χ4v) is 2.25. The van der Waals surface area contributed by atoms with Crippen LogP contribution in [0.5, 0.6) is 0 Å². The maximum atomic E-state index is 10.4. The van der Waals surface area contributed by atoms with Gasteiger partial charge in [0.2, 0.25) is 0 Å². The molecule has 0 aliphatic rings. The third-order valence-corrected chi connectivity index (χ3v) is 3.73. The van der Waals surface area contributed by atoms with Crippen LogP contribution in [0.25, 0.3) is 0 Å². The first-order valence-corrected chi connectivity index (χ1v) is 9.45. The summed E-state index contributed by atoms with van der Waals surface area (Å²) in [5.74, 6) is -0.843. The topological polar surface area (TPSA) is 77.8 Å². The van der Waals surface area contributed by atoms with E-state index in [1.807, 2.05) is 6.08 Å². The molecule has 0 amide bonds. The maximum Gasteiger partial charge on any atom is 0.303 e. The molecule has 4 nitrogen and oxygen atoms in total. The zero-order valence-electron chi connectivity index (χ0n) is 16.5. The molecule has 2 atom stereocenters. The number of carboxylic acids is 1. The summed E-state index contributed by atoms with van der Waals surface area (Å²) in [6.45, 7) is 6.73. The molecule has 26 heavy (non-hydrogen) atoms. The first-order valence-electron chi connectivity index (χ1n) is 9.45. The van der Waals surface area contributed by atoms with Crippen molar-refractivity contribution in [3.8, 4) is 0 Å². The lowest BCUT2D eigenvalue weighted by Gasteiger charge is -2.16. The summed E-state index contributed by atoms with van der Waals surface area (Å²) in [5, 5.41) is 28.0. The number of carbonyl (C=O) groups is 1. The van der Waals surface area contributed by atoms with Crippen LogP contribution in [0, 0.1) is 5.41 Å². The molecule has 0 unspecified atom stereocenters. The predicted molar refractivity (Wildman–Crippen MR) is 108 cm³/mol. The summed E-state index contributed by atoms with van der Waals surface area (Å²) >= 11 is 0. The SMILES string of the molecule is CC(C)(C)CCC/C=C\C[C@@H](O)/C=C/C=C/C=C\[C@@H](O)CCCC(=O)O. The Kier molecular flexibility index (Phi) is 13.6. The Balaban J connectivity index is 3.86. The van der Waals surface area contributed by atoms with Crippen LogP contribution < -0.4 is 0 Å². The van der Waals surface area contributed by atoms with E-state index in [1.165, 1.54) is 12.8 Å². The van der Waals surface area contributed by atoms with E-state index >= 15 is 0 Å². The lowest BCUT2D eigenvalue weighted by atomic mass is 9.90. The molecule has 0 saturated heterocycles. The van der Waals surface area contributed by atoms with Crippen molar-refractivity contribution < 1.29 is 20.1 Å². The molecular weight excluding hydrogens is 328 g/mol. The van der Waals surface area contributed by atoms with E-state index in [2.05, 4.69) is 26.8 Å². The first kappa shape index (κ1) is 24.4. The van der Waals surface area contributed by atoms with Crippen molar-refractivity contribution >= 4 is 5.97 Å². The summed E-state index contributed by atoms with van der Waals surface area (Å²) in [5.41, 5.74) is 0.380. The van der Waals surface area contributed by atoms with Crippen LogP contribution in [0.1, 0.15) is 65.7 Å². The fraction of sp³-hybridized carbons (Fsp3) is 0.591. The molecule has 0 bridgehead atoms. The van der Waals surface area contributed by atoms with Crippen molar-refractivity contribution in [1.82, 2.24) is 0 Å². The molecule has 0 aromatic carbocycles. The van der Waals surface area contributed by atoms with Crippen molar-refractivity contribution in [2.45, 2.75) is 77.9 Å². The Bertz CT molecular complexity index is 481. The molecule has 0 aromatic heterocycles. The van der Waals surface area contributed by atoms with E-state index in [0.717, 1.165) is 6.42 Å². The fourth-order valence-electron chi connectivity index (χ4n) is 2.25. The van der Waals surface area contributed by atoms with E-state index in [-0.39, 0.29) is 6.42 Å². The molecule has 0 fully saturated rings. The van der Waals surface area contributed by atoms with Crippen LogP contribution in [0.4, 0.5) is 0 Å². The largest absolute Gasteiger partial charge is 0.481 e. The van der Waals surface area contributed by atoms with Gasteiger partial charge in [0.05, 0.1) is 12.2 Å². The van der Waals surface area contributed by atoms with E-state index in [0.29, 0.717) is 24.7 Å². The Hall–Kier alpha value is -1.65. The van der Waals surface area contributed by atoms with Crippen LogP contribution in [-0.2, 0) is 4.79 Å². The van der Waals surface area contributed by atoms with Crippen LogP contribution in [0.2, 0.25) is 0 Å². The minimum absolute atomic E-state index is 0.0758. The van der Waals surface area contributed by atoms with Gasteiger partial charge in [0.15, 0.2) is 0 Å². The molecule has 148 valence electrons. The molecule has 4 heteroatoms. The molecule has 3 N–H and O–H groups in total. The maximum absolute atomic E-state index is 10.4. The van der Waals surface area contributed by atoms with Crippen molar-refractivity contribution in [3.63, 3.8) is 0 Å². The number of aliphatic hydroxyl groups is 2. The Morgan fingerprint density at radius 2 is 1.54 bits per heavy atom. The molecule has 0 rings (SSSR count). The second-order valence-electron chi connectivity index (χ2n) is 7.74. The smallest absolute Gasteiger partial charge is 0.303 e. The highest BCUT2D eigenvalue weighted by molar-refractivity contribution is 5.66. The first-order chi connectivity index (χ1) is 12.2. The van der Waals surface area contributed by atoms with Crippen molar-refractivity contribution in [2.75, 3.05) is 0 Å². The molecule has 0 radical (unpaired) electrons. The number of aliphatic hydroxyl groups excluding tert-OH is 2. The predicted octanol–water partition coefficient (Wildman–Crippen LogP) is 4.79. The molecule has 0 aromatic rings. The summed E-state index contributed by atoms with van der Waals surface area (Å²) in [6, 6.07) is 0. The van der Waals surface area contributed by atoms with Crippen LogP contribution in [0.3, 0.4) is 0 Å². The monoisotopic (exact) mass is 364 g/mol. The molecule has 0 aliphatic heterocycles. The van der Waals surface area contributed by atoms with E-state index < -0.39 is 18.2 Å². The standard InChI is InChI=1S/C22H36O4/c1-22(2,3)18-11-7-6-10-14-19(23)13-8-4-5-9-15-20(24)16-12-17-21(25)26/h4-6,8-10,13,15,19-20,23-24H,7,11-12,14,16-18H2,1-3H3,(H,25,26)/b5-4+,10-6-,13-8+,15-9-/t19-,20+/m0/s1. The Morgan fingerprint density at radius 3 is 2.12 bits per heavy atom. The van der Waals surface area contributed by atoms with E-state index in [1.54, 1.807) is 36.5 Å². The summed E-state index contributed by atoms with van der Waals surface area (Å²) in [7, 11) is 0. The third kappa shape index (κ3) is 18.7. The van der Waals surface area contributed by atoms with Gasteiger partial charge in [-0.2, -0.15) is 0 Å². The zero-order valence-corrected chi connectivity index (χ0v) is 16.5. The lowest BCUT2D eigenvalue weighted by Crippen LogP contribution is -2.03. The number of hydrogen-bond donors (Lipinski definition) is 3. The van der Waals surface area contributed by atoms with Gasteiger partial charge >= 0.3 is 5.97 Å². The average molecular weight is 365 g/mol. The third-order valence-electron chi connectivity index (χ3n) is 3.73. The molecular formula is C22H36O4. The number of aliphatic carboxylic acids is 1. The summed E-state index contributed by atoms with van der Waals surface area (Å²) < 4.78 is 0. The number of allylic oxidation sites excluding steroid dienone is 5. The van der Waals surface area contributed by atoms with Crippen LogP contribution in [-0.4, -0.2) is 33.5 Å². The molecule has 0 aliphatic carbocycles. The van der Waals surface area contributed by atoms with Gasteiger partial charge in [-0.15, -0.1) is 0 Å². The van der Waals surface area contributed by atoms with Gasteiger partial charge in [-0.05, 0) is 43.9 Å². The summed E-state index contributed by atoms with van der Waals surface area (Å²) in [4.78, 5) is 10.4. The van der Waals surface area contributed by atoms with E-state index in [9.17, 15) is 15.0 Å². The average Bonchev–Trinajstić information content (AvgIpc) is 2.52. The highest BCUT2D eigenvalue weighted by atomic mass is 16.4. The normalized spacial score (nSPS) is 15.6. The zero-order chi connectivity index (χ0) is 19.8. The highest BCUT2D eigenvalue weighted by Gasteiger charge is 2.07. The van der Waals surface area contributed by atoms with Gasteiger partial charge in [0.25, 0.3) is 0 Å². The van der Waals surface area contributed by atoms with Crippen molar-refractivity contribution in [2.24, 2.45) is 5.41 Å². The summed E-state index contributed by atoms with van der Waals surface area (Å²) in [6.07, 6.45) is 18.4. The Labute approximate surface area is 158 Å². The molecule has 0 saturated carbocycles. The van der Waals surface area contributed by atoms with Gasteiger partial charge in [-0.1, -0.05) is 69.4 Å². The lowest BCUT2D eigenvalue weighted by molar-refractivity contribution is -0.137. The van der Waals surface area contributed by atoms with Gasteiger partial charge in [0.1, 0.15) is 0 Å². The second-order valence-corrected chi connectivity index (χ2v) is 7.74. The number of unbranched alkanes of at least 4 members (excludes halogenated alkanes) is 1. The highest BCUT2D eigenvalue weighted by Crippen LogP contribution is 2.21. The second kappa shape index (κ2) is 14.5. The number of rotatable bonds is 13. The molecule has 0 spiro atoms. The van der Waals surface area contributed by atoms with Gasteiger partial charge in [-0.25, -0.2) is 0 Å². The van der Waals surface area contributed by atoms with Crippen LogP contribution >= 0.6 is 0 Å². The van der Waals surface area contributed by atoms with Crippen LogP contribution in [0.15, 0.2) is 48.6 Å². The minimum Gasteiger partial charge on any atom is -0.481 e.